The predicted molar refractivity (Wildman–Crippen MR) is 107 cm³/mol. The van der Waals surface area contributed by atoms with Crippen molar-refractivity contribution in [2.45, 2.75) is 39.1 Å². The molecule has 0 radical (unpaired) electrons. The molecule has 2 aromatic carbocycles. The summed E-state index contributed by atoms with van der Waals surface area (Å²) in [5.74, 6) is -0.0686. The molecule has 1 saturated heterocycles. The first kappa shape index (κ1) is 19.1. The van der Waals surface area contributed by atoms with Crippen molar-refractivity contribution >= 4 is 21.8 Å². The Kier molecular flexibility index (Phi) is 6.46. The minimum Gasteiger partial charge on any atom is -0.373 e. The van der Waals surface area contributed by atoms with E-state index in [1.54, 1.807) is 0 Å². The molecular formula is C21H25BrN2O2. The quantitative estimate of drug-likeness (QED) is 0.800. The first-order chi connectivity index (χ1) is 12.5. The van der Waals surface area contributed by atoms with E-state index in [0.717, 1.165) is 29.7 Å². The SMILES string of the molecule is CC1CN(Cc2ccccc2CNC(=O)c2ccccc2Br)CC(C)O1. The molecule has 5 heteroatoms. The van der Waals surface area contributed by atoms with Crippen LogP contribution in [-0.4, -0.2) is 36.1 Å². The van der Waals surface area contributed by atoms with E-state index >= 15 is 0 Å². The molecule has 0 saturated carbocycles. The predicted octanol–water partition coefficient (Wildman–Crippen LogP) is 3.99. The number of carbonyl (C=O) groups excluding carboxylic acids is 1. The lowest BCUT2D eigenvalue weighted by Crippen LogP contribution is -2.45. The van der Waals surface area contributed by atoms with Crippen LogP contribution in [-0.2, 0) is 17.8 Å². The highest BCUT2D eigenvalue weighted by atomic mass is 79.9. The molecule has 1 aliphatic heterocycles. The van der Waals surface area contributed by atoms with Crippen molar-refractivity contribution in [3.8, 4) is 0 Å². The fourth-order valence-corrected chi connectivity index (χ4v) is 3.92. The summed E-state index contributed by atoms with van der Waals surface area (Å²) in [5.41, 5.74) is 3.06. The van der Waals surface area contributed by atoms with Gasteiger partial charge in [0, 0.05) is 30.7 Å². The van der Waals surface area contributed by atoms with Crippen LogP contribution in [0.5, 0.6) is 0 Å². The molecule has 0 bridgehead atoms. The number of nitrogens with zero attached hydrogens (tertiary/aromatic N) is 1. The Hall–Kier alpha value is -1.69. The highest BCUT2D eigenvalue weighted by Gasteiger charge is 2.22. The van der Waals surface area contributed by atoms with Gasteiger partial charge in [-0.3, -0.25) is 9.69 Å². The molecule has 138 valence electrons. The molecule has 0 aliphatic carbocycles. The van der Waals surface area contributed by atoms with Gasteiger partial charge in [-0.1, -0.05) is 36.4 Å². The van der Waals surface area contributed by atoms with Crippen LogP contribution in [0.2, 0.25) is 0 Å². The smallest absolute Gasteiger partial charge is 0.252 e. The summed E-state index contributed by atoms with van der Waals surface area (Å²) in [4.78, 5) is 14.9. The second-order valence-corrected chi connectivity index (χ2v) is 7.74. The van der Waals surface area contributed by atoms with E-state index < -0.39 is 0 Å². The number of rotatable bonds is 5. The normalized spacial score (nSPS) is 20.7. The van der Waals surface area contributed by atoms with Gasteiger partial charge < -0.3 is 10.1 Å². The Morgan fingerprint density at radius 1 is 1.08 bits per heavy atom. The number of halogens is 1. The van der Waals surface area contributed by atoms with E-state index in [4.69, 9.17) is 4.74 Å². The Bertz CT molecular complexity index is 755. The van der Waals surface area contributed by atoms with Gasteiger partial charge in [0.05, 0.1) is 17.8 Å². The van der Waals surface area contributed by atoms with Gasteiger partial charge in [0.1, 0.15) is 0 Å². The Morgan fingerprint density at radius 2 is 1.69 bits per heavy atom. The van der Waals surface area contributed by atoms with E-state index in [0.29, 0.717) is 12.1 Å². The zero-order chi connectivity index (χ0) is 18.5. The van der Waals surface area contributed by atoms with E-state index in [-0.39, 0.29) is 18.1 Å². The maximum atomic E-state index is 12.5. The number of ether oxygens (including phenoxy) is 1. The summed E-state index contributed by atoms with van der Waals surface area (Å²) in [5, 5.41) is 3.04. The maximum Gasteiger partial charge on any atom is 0.252 e. The zero-order valence-electron chi connectivity index (χ0n) is 15.2. The van der Waals surface area contributed by atoms with Crippen molar-refractivity contribution in [3.05, 3.63) is 69.7 Å². The number of nitrogens with one attached hydrogen (secondary N) is 1. The number of hydrogen-bond acceptors (Lipinski definition) is 3. The van der Waals surface area contributed by atoms with Crippen LogP contribution in [0.3, 0.4) is 0 Å². The van der Waals surface area contributed by atoms with Crippen LogP contribution in [0, 0.1) is 0 Å². The van der Waals surface area contributed by atoms with Gasteiger partial charge in [-0.25, -0.2) is 0 Å². The van der Waals surface area contributed by atoms with Crippen LogP contribution in [0.4, 0.5) is 0 Å². The Balaban J connectivity index is 1.66. The molecule has 0 spiro atoms. The monoisotopic (exact) mass is 416 g/mol. The molecule has 0 aromatic heterocycles. The molecule has 2 unspecified atom stereocenters. The molecule has 1 heterocycles. The number of carbonyl (C=O) groups is 1. The van der Waals surface area contributed by atoms with Crippen LogP contribution in [0.25, 0.3) is 0 Å². The van der Waals surface area contributed by atoms with E-state index in [9.17, 15) is 4.79 Å². The summed E-state index contributed by atoms with van der Waals surface area (Å²) >= 11 is 3.44. The largest absolute Gasteiger partial charge is 0.373 e. The van der Waals surface area contributed by atoms with Gasteiger partial charge in [0.15, 0.2) is 0 Å². The standard InChI is InChI=1S/C21H25BrN2O2/c1-15-12-24(13-16(2)26-15)14-18-8-4-3-7-17(18)11-23-21(25)19-9-5-6-10-20(19)22/h3-10,15-16H,11-14H2,1-2H3,(H,23,25). The van der Waals surface area contributed by atoms with Crippen molar-refractivity contribution < 1.29 is 9.53 Å². The minimum absolute atomic E-state index is 0.0686. The lowest BCUT2D eigenvalue weighted by Gasteiger charge is -2.35. The minimum atomic E-state index is -0.0686. The van der Waals surface area contributed by atoms with Crippen LogP contribution >= 0.6 is 15.9 Å². The van der Waals surface area contributed by atoms with Crippen LogP contribution in [0.1, 0.15) is 35.3 Å². The van der Waals surface area contributed by atoms with Gasteiger partial charge in [-0.15, -0.1) is 0 Å². The van der Waals surface area contributed by atoms with Crippen molar-refractivity contribution in [2.24, 2.45) is 0 Å². The third kappa shape index (κ3) is 4.93. The zero-order valence-corrected chi connectivity index (χ0v) is 16.8. The number of benzene rings is 2. The summed E-state index contributed by atoms with van der Waals surface area (Å²) in [6.45, 7) is 7.49. The molecule has 2 aromatic rings. The first-order valence-corrected chi connectivity index (χ1v) is 9.79. The van der Waals surface area contributed by atoms with Crippen molar-refractivity contribution in [1.29, 1.82) is 0 Å². The van der Waals surface area contributed by atoms with E-state index in [2.05, 4.69) is 58.2 Å². The number of amides is 1. The first-order valence-electron chi connectivity index (χ1n) is 9.00. The van der Waals surface area contributed by atoms with Crippen LogP contribution in [0.15, 0.2) is 53.0 Å². The fourth-order valence-electron chi connectivity index (χ4n) is 3.45. The highest BCUT2D eigenvalue weighted by molar-refractivity contribution is 9.10. The lowest BCUT2D eigenvalue weighted by atomic mass is 10.1. The molecule has 1 N–H and O–H groups in total. The molecule has 2 atom stereocenters. The average molecular weight is 417 g/mol. The molecule has 4 nitrogen and oxygen atoms in total. The van der Waals surface area contributed by atoms with E-state index in [1.165, 1.54) is 5.56 Å². The molecular weight excluding hydrogens is 392 g/mol. The number of hydrogen-bond donors (Lipinski definition) is 1. The highest BCUT2D eigenvalue weighted by Crippen LogP contribution is 2.18. The maximum absolute atomic E-state index is 12.5. The van der Waals surface area contributed by atoms with Gasteiger partial charge in [0.2, 0.25) is 0 Å². The van der Waals surface area contributed by atoms with Crippen molar-refractivity contribution in [1.82, 2.24) is 10.2 Å². The van der Waals surface area contributed by atoms with Gasteiger partial charge in [-0.2, -0.15) is 0 Å². The van der Waals surface area contributed by atoms with Gasteiger partial charge in [-0.05, 0) is 53.0 Å². The lowest BCUT2D eigenvalue weighted by molar-refractivity contribution is -0.0705. The topological polar surface area (TPSA) is 41.6 Å². The molecule has 1 fully saturated rings. The summed E-state index contributed by atoms with van der Waals surface area (Å²) in [6, 6.07) is 15.8. The second kappa shape index (κ2) is 8.80. The second-order valence-electron chi connectivity index (χ2n) is 6.88. The fraction of sp³-hybridized carbons (Fsp3) is 0.381. The number of morpholine rings is 1. The molecule has 3 rings (SSSR count). The average Bonchev–Trinajstić information content (AvgIpc) is 2.60. The van der Waals surface area contributed by atoms with Crippen LogP contribution < -0.4 is 5.32 Å². The van der Waals surface area contributed by atoms with Gasteiger partial charge in [0.25, 0.3) is 5.91 Å². The third-order valence-corrected chi connectivity index (χ3v) is 5.26. The van der Waals surface area contributed by atoms with Gasteiger partial charge >= 0.3 is 0 Å². The molecule has 1 amide bonds. The Labute approximate surface area is 163 Å². The van der Waals surface area contributed by atoms with E-state index in [1.807, 2.05) is 30.3 Å². The van der Waals surface area contributed by atoms with Crippen molar-refractivity contribution in [3.63, 3.8) is 0 Å². The summed E-state index contributed by atoms with van der Waals surface area (Å²) in [7, 11) is 0. The summed E-state index contributed by atoms with van der Waals surface area (Å²) in [6.07, 6.45) is 0.502. The molecule has 1 aliphatic rings. The Morgan fingerprint density at radius 3 is 2.38 bits per heavy atom. The van der Waals surface area contributed by atoms with Crippen molar-refractivity contribution in [2.75, 3.05) is 13.1 Å². The molecule has 26 heavy (non-hydrogen) atoms. The third-order valence-electron chi connectivity index (χ3n) is 4.57. The summed E-state index contributed by atoms with van der Waals surface area (Å²) < 4.78 is 6.63.